The lowest BCUT2D eigenvalue weighted by molar-refractivity contribution is 0.102. The van der Waals surface area contributed by atoms with Crippen LogP contribution in [0.4, 0.5) is 10.8 Å². The van der Waals surface area contributed by atoms with Crippen LogP contribution in [0, 0.1) is 0 Å². The number of sulfonamides is 1. The molecule has 1 aromatic heterocycles. The van der Waals surface area contributed by atoms with Gasteiger partial charge in [-0.05, 0) is 54.4 Å². The Hall–Kier alpha value is -3.23. The van der Waals surface area contributed by atoms with E-state index in [1.54, 1.807) is 0 Å². The first kappa shape index (κ1) is 18.8. The van der Waals surface area contributed by atoms with E-state index in [0.717, 1.165) is 21.5 Å². The Balaban J connectivity index is 1.36. The normalized spacial score (nSPS) is 13.4. The molecule has 5 rings (SSSR count). The third-order valence-electron chi connectivity index (χ3n) is 5.06. The number of nitrogens with zero attached hydrogens (tertiary/aromatic N) is 2. The van der Waals surface area contributed by atoms with Gasteiger partial charge in [-0.1, -0.05) is 41.7 Å². The fourth-order valence-corrected chi connectivity index (χ4v) is 5.92. The molecule has 150 valence electrons. The fraction of sp³-hybridized carbons (Fsp3) is 0.0909. The van der Waals surface area contributed by atoms with E-state index in [0.29, 0.717) is 23.7 Å². The summed E-state index contributed by atoms with van der Waals surface area (Å²) in [4.78, 5) is 17.1. The molecule has 0 aliphatic carbocycles. The predicted molar refractivity (Wildman–Crippen MR) is 119 cm³/mol. The summed E-state index contributed by atoms with van der Waals surface area (Å²) < 4.78 is 28.6. The number of carbonyl (C=O) groups is 1. The minimum Gasteiger partial charge on any atom is -0.298 e. The maximum Gasteiger partial charge on any atom is 0.264 e. The van der Waals surface area contributed by atoms with Gasteiger partial charge in [0.2, 0.25) is 0 Å². The zero-order valence-electron chi connectivity index (χ0n) is 15.8. The van der Waals surface area contributed by atoms with E-state index in [-0.39, 0.29) is 10.8 Å². The predicted octanol–water partition coefficient (Wildman–Crippen LogP) is 4.30. The lowest BCUT2D eigenvalue weighted by Crippen LogP contribution is -2.29. The van der Waals surface area contributed by atoms with Crippen molar-refractivity contribution in [2.75, 3.05) is 16.2 Å². The van der Waals surface area contributed by atoms with Crippen LogP contribution in [0.5, 0.6) is 0 Å². The van der Waals surface area contributed by atoms with Gasteiger partial charge in [-0.2, -0.15) is 0 Å². The number of fused-ring (bicyclic) bond motifs is 2. The van der Waals surface area contributed by atoms with Crippen LogP contribution in [0.25, 0.3) is 10.2 Å². The van der Waals surface area contributed by atoms with Crippen molar-refractivity contribution in [3.8, 4) is 0 Å². The van der Waals surface area contributed by atoms with Gasteiger partial charge in [0.25, 0.3) is 15.9 Å². The van der Waals surface area contributed by atoms with E-state index >= 15 is 0 Å². The summed E-state index contributed by atoms with van der Waals surface area (Å²) in [6, 6.07) is 21.2. The van der Waals surface area contributed by atoms with E-state index < -0.39 is 10.0 Å². The zero-order valence-corrected chi connectivity index (χ0v) is 17.4. The van der Waals surface area contributed by atoms with Crippen molar-refractivity contribution in [2.24, 2.45) is 0 Å². The third kappa shape index (κ3) is 3.24. The quantitative estimate of drug-likeness (QED) is 0.518. The van der Waals surface area contributed by atoms with Gasteiger partial charge in [-0.15, -0.1) is 0 Å². The molecule has 1 amide bonds. The first-order valence-electron chi connectivity index (χ1n) is 9.40. The number of rotatable bonds is 4. The van der Waals surface area contributed by atoms with Crippen LogP contribution in [-0.2, 0) is 16.4 Å². The molecule has 0 saturated carbocycles. The lowest BCUT2D eigenvalue weighted by atomic mass is 10.2. The largest absolute Gasteiger partial charge is 0.298 e. The highest BCUT2D eigenvalue weighted by molar-refractivity contribution is 7.92. The Morgan fingerprint density at radius 1 is 0.967 bits per heavy atom. The van der Waals surface area contributed by atoms with Crippen molar-refractivity contribution in [3.63, 3.8) is 0 Å². The molecule has 0 unspecified atom stereocenters. The minimum absolute atomic E-state index is 0.163. The van der Waals surface area contributed by atoms with Crippen molar-refractivity contribution < 1.29 is 13.2 Å². The molecular weight excluding hydrogens is 418 g/mol. The first-order chi connectivity index (χ1) is 14.5. The van der Waals surface area contributed by atoms with E-state index in [9.17, 15) is 13.2 Å². The molecule has 1 aliphatic rings. The van der Waals surface area contributed by atoms with E-state index in [1.807, 2.05) is 48.5 Å². The minimum atomic E-state index is -3.68. The molecule has 30 heavy (non-hydrogen) atoms. The Kier molecular flexibility index (Phi) is 4.52. The number of hydrogen-bond donors (Lipinski definition) is 1. The van der Waals surface area contributed by atoms with Gasteiger partial charge in [-0.3, -0.25) is 14.4 Å². The fourth-order valence-electron chi connectivity index (χ4n) is 3.56. The molecule has 2 heterocycles. The highest BCUT2D eigenvalue weighted by Gasteiger charge is 2.30. The molecule has 1 aliphatic heterocycles. The Bertz CT molecular complexity index is 1330. The van der Waals surface area contributed by atoms with Crippen molar-refractivity contribution in [2.45, 2.75) is 11.3 Å². The summed E-state index contributed by atoms with van der Waals surface area (Å²) >= 11 is 1.39. The maximum absolute atomic E-state index is 13.1. The number of thiazole rings is 1. The van der Waals surface area contributed by atoms with E-state index in [2.05, 4.69) is 10.3 Å². The van der Waals surface area contributed by atoms with Crippen LogP contribution in [0.3, 0.4) is 0 Å². The zero-order chi connectivity index (χ0) is 20.7. The smallest absolute Gasteiger partial charge is 0.264 e. The van der Waals surface area contributed by atoms with Crippen LogP contribution >= 0.6 is 11.3 Å². The van der Waals surface area contributed by atoms with Gasteiger partial charge in [-0.25, -0.2) is 13.4 Å². The van der Waals surface area contributed by atoms with Crippen molar-refractivity contribution in [3.05, 3.63) is 83.9 Å². The summed E-state index contributed by atoms with van der Waals surface area (Å²) in [6.07, 6.45) is 0.693. The first-order valence-corrected chi connectivity index (χ1v) is 11.7. The van der Waals surface area contributed by atoms with Gasteiger partial charge >= 0.3 is 0 Å². The monoisotopic (exact) mass is 435 g/mol. The molecule has 0 fully saturated rings. The van der Waals surface area contributed by atoms with Crippen molar-refractivity contribution in [1.29, 1.82) is 0 Å². The molecule has 0 radical (unpaired) electrons. The Morgan fingerprint density at radius 3 is 2.50 bits per heavy atom. The van der Waals surface area contributed by atoms with Crippen molar-refractivity contribution in [1.82, 2.24) is 4.98 Å². The molecule has 0 spiro atoms. The standard InChI is InChI=1S/C22H17N3O3S2/c26-21(24-22-23-18-6-2-4-8-20(18)29-22)16-9-11-17(12-10-16)30(27,28)25-14-13-15-5-1-3-7-19(15)25/h1-12H,13-14H2,(H,23,24,26). The van der Waals surface area contributed by atoms with Gasteiger partial charge in [0.05, 0.1) is 20.8 Å². The van der Waals surface area contributed by atoms with E-state index in [1.165, 1.54) is 39.9 Å². The summed E-state index contributed by atoms with van der Waals surface area (Å²) in [5.74, 6) is -0.329. The Labute approximate surface area is 177 Å². The Morgan fingerprint density at radius 2 is 1.70 bits per heavy atom. The molecule has 3 aromatic carbocycles. The van der Waals surface area contributed by atoms with Crippen molar-refractivity contribution >= 4 is 48.3 Å². The molecule has 0 bridgehead atoms. The van der Waals surface area contributed by atoms with Gasteiger partial charge in [0.15, 0.2) is 5.13 Å². The average molecular weight is 436 g/mol. The lowest BCUT2D eigenvalue weighted by Gasteiger charge is -2.19. The molecule has 6 nitrogen and oxygen atoms in total. The highest BCUT2D eigenvalue weighted by atomic mass is 32.2. The molecule has 8 heteroatoms. The summed E-state index contributed by atoms with van der Waals surface area (Å²) in [5.41, 5.74) is 2.93. The second-order valence-electron chi connectivity index (χ2n) is 6.92. The van der Waals surface area contributed by atoms with Crippen LogP contribution in [-0.4, -0.2) is 25.9 Å². The highest BCUT2D eigenvalue weighted by Crippen LogP contribution is 2.32. The third-order valence-corrected chi connectivity index (χ3v) is 7.84. The summed E-state index contributed by atoms with van der Waals surface area (Å²) in [5, 5.41) is 3.29. The van der Waals surface area contributed by atoms with E-state index in [4.69, 9.17) is 0 Å². The molecule has 4 aromatic rings. The summed E-state index contributed by atoms with van der Waals surface area (Å²) in [6.45, 7) is 0.418. The molecule has 0 saturated heterocycles. The number of amides is 1. The number of anilines is 2. The number of para-hydroxylation sites is 2. The summed E-state index contributed by atoms with van der Waals surface area (Å²) in [7, 11) is -3.68. The average Bonchev–Trinajstić information content (AvgIpc) is 3.37. The van der Waals surface area contributed by atoms with Crippen LogP contribution in [0.15, 0.2) is 77.7 Å². The molecular formula is C22H17N3O3S2. The van der Waals surface area contributed by atoms with Gasteiger partial charge in [0.1, 0.15) is 0 Å². The van der Waals surface area contributed by atoms with Crippen LogP contribution in [0.2, 0.25) is 0 Å². The maximum atomic E-state index is 13.1. The number of nitrogens with one attached hydrogen (secondary N) is 1. The number of hydrogen-bond acceptors (Lipinski definition) is 5. The molecule has 0 atom stereocenters. The van der Waals surface area contributed by atoms with Crippen LogP contribution in [0.1, 0.15) is 15.9 Å². The van der Waals surface area contributed by atoms with Gasteiger partial charge < -0.3 is 0 Å². The number of benzene rings is 3. The van der Waals surface area contributed by atoms with Gasteiger partial charge in [0, 0.05) is 12.1 Å². The second-order valence-corrected chi connectivity index (χ2v) is 9.81. The van der Waals surface area contributed by atoms with Crippen LogP contribution < -0.4 is 9.62 Å². The number of carbonyl (C=O) groups excluding carboxylic acids is 1. The second kappa shape index (κ2) is 7.23. The molecule has 1 N–H and O–H groups in total. The number of aromatic nitrogens is 1. The SMILES string of the molecule is O=C(Nc1nc2ccccc2s1)c1ccc(S(=O)(=O)N2CCc3ccccc32)cc1. The topological polar surface area (TPSA) is 79.4 Å².